The lowest BCUT2D eigenvalue weighted by Gasteiger charge is -2.13. The molecule has 0 saturated carbocycles. The summed E-state index contributed by atoms with van der Waals surface area (Å²) >= 11 is 0. The van der Waals surface area contributed by atoms with Crippen LogP contribution in [-0.2, 0) is 16.0 Å². The maximum atomic E-state index is 12.0. The van der Waals surface area contributed by atoms with Crippen molar-refractivity contribution in [1.82, 2.24) is 5.32 Å². The van der Waals surface area contributed by atoms with Gasteiger partial charge in [-0.05, 0) is 18.4 Å². The summed E-state index contributed by atoms with van der Waals surface area (Å²) in [6.07, 6.45) is 29.2. The fourth-order valence-electron chi connectivity index (χ4n) is 3.19. The predicted octanol–water partition coefficient (Wildman–Crippen LogP) is 6.72. The average Bonchev–Trinajstić information content (AvgIpc) is 2.81. The fourth-order valence-corrected chi connectivity index (χ4v) is 3.19. The van der Waals surface area contributed by atoms with Gasteiger partial charge in [-0.2, -0.15) is 0 Å². The smallest absolute Gasteiger partial charge is 0.326 e. The van der Waals surface area contributed by atoms with Crippen LogP contribution in [0.25, 0.3) is 0 Å². The standard InChI is InChI=1S/C29H39NO3/c1-2-3-4-5-6-7-8-9-10-11-12-13-14-15-16-17-21-24-28(31)30-27(29(32)33)25-26-22-19-18-20-23-26/h10-24,27H,2-9,25H2,1H3,(H,30,31)(H,32,33)/t27-/m0/s1. The second-order valence-electron chi connectivity index (χ2n) is 7.94. The Bertz CT molecular complexity index is 803. The summed E-state index contributed by atoms with van der Waals surface area (Å²) in [7, 11) is 0. The van der Waals surface area contributed by atoms with Crippen molar-refractivity contribution in [3.05, 3.63) is 96.7 Å². The van der Waals surface area contributed by atoms with Gasteiger partial charge in [-0.3, -0.25) is 4.79 Å². The molecule has 0 saturated heterocycles. The van der Waals surface area contributed by atoms with Crippen LogP contribution in [0.4, 0.5) is 0 Å². The second kappa shape index (κ2) is 19.5. The van der Waals surface area contributed by atoms with E-state index in [1.54, 1.807) is 12.2 Å². The average molecular weight is 450 g/mol. The fraction of sp³-hybridized carbons (Fsp3) is 0.379. The minimum atomic E-state index is -1.05. The Morgan fingerprint density at radius 3 is 2.03 bits per heavy atom. The largest absolute Gasteiger partial charge is 0.480 e. The van der Waals surface area contributed by atoms with Gasteiger partial charge in [0.25, 0.3) is 0 Å². The van der Waals surface area contributed by atoms with E-state index >= 15 is 0 Å². The molecule has 1 atom stereocenters. The van der Waals surface area contributed by atoms with Gasteiger partial charge in [-0.1, -0.05) is 130 Å². The number of amides is 1. The minimum absolute atomic E-state index is 0.244. The molecule has 1 amide bonds. The molecule has 1 aromatic rings. The van der Waals surface area contributed by atoms with Crippen LogP contribution < -0.4 is 5.32 Å². The number of benzene rings is 1. The third-order valence-electron chi connectivity index (χ3n) is 5.03. The number of nitrogens with one attached hydrogen (secondary N) is 1. The number of carbonyl (C=O) groups excluding carboxylic acids is 1. The van der Waals surface area contributed by atoms with E-state index in [2.05, 4.69) is 24.4 Å². The lowest BCUT2D eigenvalue weighted by atomic mass is 10.1. The zero-order chi connectivity index (χ0) is 24.0. The van der Waals surface area contributed by atoms with Gasteiger partial charge >= 0.3 is 5.97 Å². The van der Waals surface area contributed by atoms with E-state index in [1.165, 1.54) is 51.0 Å². The van der Waals surface area contributed by atoms with Crippen molar-refractivity contribution in [3.63, 3.8) is 0 Å². The highest BCUT2D eigenvalue weighted by Crippen LogP contribution is 2.08. The van der Waals surface area contributed by atoms with Gasteiger partial charge in [0.1, 0.15) is 6.04 Å². The van der Waals surface area contributed by atoms with Crippen molar-refractivity contribution in [1.29, 1.82) is 0 Å². The van der Waals surface area contributed by atoms with E-state index in [0.717, 1.165) is 12.0 Å². The minimum Gasteiger partial charge on any atom is -0.480 e. The lowest BCUT2D eigenvalue weighted by molar-refractivity contribution is -0.141. The Hall–Kier alpha value is -3.14. The topological polar surface area (TPSA) is 66.4 Å². The first-order valence-corrected chi connectivity index (χ1v) is 12.0. The Balaban J connectivity index is 2.21. The molecule has 0 heterocycles. The first-order valence-electron chi connectivity index (χ1n) is 12.0. The number of carboxylic acid groups (broad SMARTS) is 1. The van der Waals surface area contributed by atoms with Crippen LogP contribution in [0.15, 0.2) is 91.1 Å². The molecule has 4 heteroatoms. The van der Waals surface area contributed by atoms with Crippen LogP contribution in [0, 0.1) is 0 Å². The van der Waals surface area contributed by atoms with Crippen LogP contribution in [0.5, 0.6) is 0 Å². The molecule has 0 aliphatic carbocycles. The third kappa shape index (κ3) is 16.2. The highest BCUT2D eigenvalue weighted by atomic mass is 16.4. The Morgan fingerprint density at radius 1 is 0.818 bits per heavy atom. The Labute approximate surface area is 199 Å². The number of allylic oxidation sites excluding steroid dienone is 9. The molecule has 4 nitrogen and oxygen atoms in total. The number of carboxylic acids is 1. The highest BCUT2D eigenvalue weighted by Gasteiger charge is 2.19. The monoisotopic (exact) mass is 449 g/mol. The van der Waals surface area contributed by atoms with Crippen molar-refractivity contribution in [2.45, 2.75) is 70.8 Å². The summed E-state index contributed by atoms with van der Waals surface area (Å²) in [6, 6.07) is 8.28. The number of hydrogen-bond acceptors (Lipinski definition) is 2. The van der Waals surface area contributed by atoms with Crippen LogP contribution in [-0.4, -0.2) is 23.0 Å². The molecular weight excluding hydrogens is 410 g/mol. The number of unbranched alkanes of at least 4 members (excludes halogenated alkanes) is 7. The van der Waals surface area contributed by atoms with Crippen LogP contribution in [0.2, 0.25) is 0 Å². The van der Waals surface area contributed by atoms with Crippen molar-refractivity contribution < 1.29 is 14.7 Å². The number of aliphatic carboxylic acids is 1. The summed E-state index contributed by atoms with van der Waals surface area (Å²) in [4.78, 5) is 23.4. The van der Waals surface area contributed by atoms with Gasteiger partial charge < -0.3 is 10.4 Å². The van der Waals surface area contributed by atoms with Gasteiger partial charge in [0.15, 0.2) is 0 Å². The predicted molar refractivity (Wildman–Crippen MR) is 138 cm³/mol. The van der Waals surface area contributed by atoms with Gasteiger partial charge in [0.2, 0.25) is 5.91 Å². The van der Waals surface area contributed by atoms with E-state index < -0.39 is 17.9 Å². The van der Waals surface area contributed by atoms with Crippen LogP contribution in [0.3, 0.4) is 0 Å². The molecule has 0 bridgehead atoms. The molecular formula is C29H39NO3. The quantitative estimate of drug-likeness (QED) is 0.158. The lowest BCUT2D eigenvalue weighted by Crippen LogP contribution is -2.41. The van der Waals surface area contributed by atoms with Crippen LogP contribution >= 0.6 is 0 Å². The number of carbonyl (C=O) groups is 2. The normalized spacial score (nSPS) is 13.1. The zero-order valence-corrected chi connectivity index (χ0v) is 19.9. The van der Waals surface area contributed by atoms with E-state index in [0.29, 0.717) is 0 Å². The van der Waals surface area contributed by atoms with E-state index in [1.807, 2.05) is 60.7 Å². The highest BCUT2D eigenvalue weighted by molar-refractivity contribution is 5.91. The van der Waals surface area contributed by atoms with Crippen molar-refractivity contribution in [3.8, 4) is 0 Å². The summed E-state index contributed by atoms with van der Waals surface area (Å²) in [5.74, 6) is -1.49. The maximum Gasteiger partial charge on any atom is 0.326 e. The van der Waals surface area contributed by atoms with Gasteiger partial charge in [0, 0.05) is 12.5 Å². The molecule has 0 spiro atoms. The Morgan fingerprint density at radius 2 is 1.39 bits per heavy atom. The first kappa shape index (κ1) is 27.9. The van der Waals surface area contributed by atoms with Gasteiger partial charge in [0.05, 0.1) is 0 Å². The second-order valence-corrected chi connectivity index (χ2v) is 7.94. The maximum absolute atomic E-state index is 12.0. The molecule has 0 aliphatic rings. The van der Waals surface area contributed by atoms with E-state index in [-0.39, 0.29) is 6.42 Å². The molecule has 0 unspecified atom stereocenters. The molecule has 0 radical (unpaired) electrons. The molecule has 0 aromatic heterocycles. The van der Waals surface area contributed by atoms with Crippen LogP contribution in [0.1, 0.15) is 63.9 Å². The van der Waals surface area contributed by atoms with Gasteiger partial charge in [-0.15, -0.1) is 0 Å². The van der Waals surface area contributed by atoms with Crippen molar-refractivity contribution in [2.24, 2.45) is 0 Å². The number of rotatable bonds is 17. The summed E-state index contributed by atoms with van der Waals surface area (Å²) in [5.41, 5.74) is 0.861. The summed E-state index contributed by atoms with van der Waals surface area (Å²) < 4.78 is 0. The molecule has 1 rings (SSSR count). The van der Waals surface area contributed by atoms with Gasteiger partial charge in [-0.25, -0.2) is 4.79 Å². The summed E-state index contributed by atoms with van der Waals surface area (Å²) in [5, 5.41) is 11.9. The number of hydrogen-bond donors (Lipinski definition) is 2. The van der Waals surface area contributed by atoms with E-state index in [9.17, 15) is 14.7 Å². The zero-order valence-electron chi connectivity index (χ0n) is 19.9. The summed E-state index contributed by atoms with van der Waals surface area (Å²) in [6.45, 7) is 2.25. The molecule has 2 N–H and O–H groups in total. The third-order valence-corrected chi connectivity index (χ3v) is 5.03. The molecule has 0 fully saturated rings. The molecule has 0 aliphatic heterocycles. The SMILES string of the molecule is CCCCCCCCCC=CC=CC=CC=CC=CC(=O)N[C@@H](Cc1ccccc1)C(=O)O. The first-order chi connectivity index (χ1) is 16.1. The Kier molecular flexibility index (Phi) is 16.5. The molecule has 178 valence electrons. The molecule has 33 heavy (non-hydrogen) atoms. The van der Waals surface area contributed by atoms with Crippen molar-refractivity contribution >= 4 is 11.9 Å². The van der Waals surface area contributed by atoms with Crippen molar-refractivity contribution in [2.75, 3.05) is 0 Å². The molecule has 1 aromatic carbocycles. The van der Waals surface area contributed by atoms with E-state index in [4.69, 9.17) is 0 Å².